The van der Waals surface area contributed by atoms with Gasteiger partial charge in [0.1, 0.15) is 0 Å². The van der Waals surface area contributed by atoms with Gasteiger partial charge in [-0.15, -0.1) is 0 Å². The number of benzene rings is 1. The topological polar surface area (TPSA) is 35.5 Å². The zero-order valence-electron chi connectivity index (χ0n) is 10.7. The highest BCUT2D eigenvalue weighted by atomic mass is 16.5. The second-order valence-corrected chi connectivity index (χ2v) is 4.11. The third-order valence-corrected chi connectivity index (χ3v) is 2.99. The van der Waals surface area contributed by atoms with Crippen LogP contribution in [0.15, 0.2) is 30.3 Å². The van der Waals surface area contributed by atoms with E-state index in [9.17, 15) is 4.79 Å². The lowest BCUT2D eigenvalue weighted by Crippen LogP contribution is -2.29. The molecule has 0 amide bonds. The molecule has 0 spiro atoms. The van der Waals surface area contributed by atoms with Gasteiger partial charge < -0.3 is 9.47 Å². The molecule has 0 bridgehead atoms. The molecule has 1 aromatic rings. The Labute approximate surface area is 103 Å². The summed E-state index contributed by atoms with van der Waals surface area (Å²) < 4.78 is 10.1. The molecule has 0 heterocycles. The maximum atomic E-state index is 11.4. The summed E-state index contributed by atoms with van der Waals surface area (Å²) in [5, 5.41) is 0. The van der Waals surface area contributed by atoms with Crippen LogP contribution in [0.5, 0.6) is 0 Å². The van der Waals surface area contributed by atoms with Gasteiger partial charge in [-0.1, -0.05) is 30.3 Å². The van der Waals surface area contributed by atoms with E-state index < -0.39 is 0 Å². The lowest BCUT2D eigenvalue weighted by atomic mass is 9.98. The molecule has 3 heteroatoms. The van der Waals surface area contributed by atoms with Gasteiger partial charge in [0, 0.05) is 7.11 Å². The minimum atomic E-state index is -0.228. The number of esters is 1. The first-order valence-corrected chi connectivity index (χ1v) is 5.83. The summed E-state index contributed by atoms with van der Waals surface area (Å²) in [5.41, 5.74) is 1.26. The Morgan fingerprint density at radius 1 is 1.24 bits per heavy atom. The molecule has 17 heavy (non-hydrogen) atoms. The van der Waals surface area contributed by atoms with Crippen LogP contribution in [0.4, 0.5) is 0 Å². The van der Waals surface area contributed by atoms with Crippen molar-refractivity contribution in [1.82, 2.24) is 0 Å². The molecule has 2 atom stereocenters. The number of rotatable bonds is 6. The highest BCUT2D eigenvalue weighted by molar-refractivity contribution is 5.72. The normalized spacial score (nSPS) is 14.1. The Morgan fingerprint density at radius 2 is 1.88 bits per heavy atom. The molecule has 1 rings (SSSR count). The number of hydrogen-bond acceptors (Lipinski definition) is 3. The van der Waals surface area contributed by atoms with Gasteiger partial charge >= 0.3 is 5.97 Å². The van der Waals surface area contributed by atoms with Crippen LogP contribution in [0, 0.1) is 5.92 Å². The van der Waals surface area contributed by atoms with E-state index in [2.05, 4.69) is 12.1 Å². The van der Waals surface area contributed by atoms with Gasteiger partial charge in [0.15, 0.2) is 0 Å². The van der Waals surface area contributed by atoms with Gasteiger partial charge in [-0.05, 0) is 25.3 Å². The summed E-state index contributed by atoms with van der Waals surface area (Å²) in [6.45, 7) is 1.84. The summed E-state index contributed by atoms with van der Waals surface area (Å²) in [5.74, 6) is -0.446. The van der Waals surface area contributed by atoms with Crippen LogP contribution >= 0.6 is 0 Å². The Morgan fingerprint density at radius 3 is 2.41 bits per heavy atom. The molecular formula is C14H20O3. The lowest BCUT2D eigenvalue weighted by Gasteiger charge is -2.20. The van der Waals surface area contributed by atoms with Crippen molar-refractivity contribution in [2.75, 3.05) is 14.2 Å². The zero-order chi connectivity index (χ0) is 12.7. The van der Waals surface area contributed by atoms with Gasteiger partial charge in [-0.3, -0.25) is 4.79 Å². The van der Waals surface area contributed by atoms with Crippen molar-refractivity contribution in [1.29, 1.82) is 0 Å². The maximum absolute atomic E-state index is 11.4. The second kappa shape index (κ2) is 7.07. The quantitative estimate of drug-likeness (QED) is 0.712. The molecule has 3 nitrogen and oxygen atoms in total. The monoisotopic (exact) mass is 236 g/mol. The van der Waals surface area contributed by atoms with Crippen molar-refractivity contribution in [3.8, 4) is 0 Å². The van der Waals surface area contributed by atoms with Gasteiger partial charge in [0.2, 0.25) is 0 Å². The van der Waals surface area contributed by atoms with E-state index in [0.29, 0.717) is 0 Å². The van der Waals surface area contributed by atoms with Gasteiger partial charge in [0.05, 0.1) is 19.1 Å². The fourth-order valence-electron chi connectivity index (χ4n) is 1.86. The zero-order valence-corrected chi connectivity index (χ0v) is 10.7. The molecule has 0 aliphatic heterocycles. The van der Waals surface area contributed by atoms with Crippen molar-refractivity contribution in [3.05, 3.63) is 35.9 Å². The molecular weight excluding hydrogens is 216 g/mol. The van der Waals surface area contributed by atoms with E-state index in [1.54, 1.807) is 7.11 Å². The molecule has 0 radical (unpaired) electrons. The first-order chi connectivity index (χ1) is 8.19. The fourth-order valence-corrected chi connectivity index (χ4v) is 1.86. The third-order valence-electron chi connectivity index (χ3n) is 2.99. The maximum Gasteiger partial charge on any atom is 0.311 e. The predicted molar refractivity (Wildman–Crippen MR) is 66.7 cm³/mol. The average Bonchev–Trinajstić information content (AvgIpc) is 2.39. The number of aryl methyl sites for hydroxylation is 1. The number of methoxy groups -OCH3 is 2. The minimum absolute atomic E-state index is 0.0948. The highest BCUT2D eigenvalue weighted by Gasteiger charge is 2.24. The first-order valence-electron chi connectivity index (χ1n) is 5.83. The molecule has 0 aliphatic carbocycles. The molecule has 0 fully saturated rings. The van der Waals surface area contributed by atoms with Crippen molar-refractivity contribution in [2.24, 2.45) is 5.92 Å². The third kappa shape index (κ3) is 4.19. The molecule has 1 aromatic carbocycles. The van der Waals surface area contributed by atoms with E-state index in [1.807, 2.05) is 25.1 Å². The fraction of sp³-hybridized carbons (Fsp3) is 0.500. The number of carbonyl (C=O) groups is 1. The summed E-state index contributed by atoms with van der Waals surface area (Å²) in [6, 6.07) is 10.2. The highest BCUT2D eigenvalue weighted by Crippen LogP contribution is 2.15. The minimum Gasteiger partial charge on any atom is -0.469 e. The van der Waals surface area contributed by atoms with Crippen molar-refractivity contribution in [2.45, 2.75) is 25.9 Å². The van der Waals surface area contributed by atoms with E-state index in [-0.39, 0.29) is 18.0 Å². The van der Waals surface area contributed by atoms with Gasteiger partial charge in [-0.25, -0.2) is 0 Å². The van der Waals surface area contributed by atoms with Crippen LogP contribution in [0.2, 0.25) is 0 Å². The Bertz CT molecular complexity index is 335. The van der Waals surface area contributed by atoms with Crippen LogP contribution in [-0.4, -0.2) is 26.3 Å². The smallest absolute Gasteiger partial charge is 0.311 e. The molecule has 0 aromatic heterocycles. The van der Waals surface area contributed by atoms with E-state index in [4.69, 9.17) is 9.47 Å². The van der Waals surface area contributed by atoms with Gasteiger partial charge in [0.25, 0.3) is 0 Å². The Balaban J connectivity index is 2.50. The van der Waals surface area contributed by atoms with Crippen LogP contribution in [-0.2, 0) is 20.7 Å². The molecule has 2 unspecified atom stereocenters. The van der Waals surface area contributed by atoms with E-state index in [1.165, 1.54) is 12.7 Å². The summed E-state index contributed by atoms with van der Waals surface area (Å²) in [7, 11) is 3.04. The number of carbonyl (C=O) groups excluding carboxylic acids is 1. The standard InChI is InChI=1S/C14H20O3/c1-11(14(15)17-3)13(16-2)10-9-12-7-5-4-6-8-12/h4-8,11,13H,9-10H2,1-3H3. The SMILES string of the molecule is COC(=O)C(C)C(CCc1ccccc1)OC. The van der Waals surface area contributed by atoms with E-state index in [0.717, 1.165) is 12.8 Å². The number of hydrogen-bond donors (Lipinski definition) is 0. The molecule has 0 N–H and O–H groups in total. The summed E-state index contributed by atoms with van der Waals surface area (Å²) in [6.07, 6.45) is 1.62. The Hall–Kier alpha value is -1.35. The molecule has 0 saturated heterocycles. The molecule has 0 saturated carbocycles. The van der Waals surface area contributed by atoms with Crippen LogP contribution in [0.3, 0.4) is 0 Å². The number of ether oxygens (including phenoxy) is 2. The molecule has 94 valence electrons. The predicted octanol–water partition coefficient (Wildman–Crippen LogP) is 2.44. The largest absolute Gasteiger partial charge is 0.469 e. The van der Waals surface area contributed by atoms with Gasteiger partial charge in [-0.2, -0.15) is 0 Å². The van der Waals surface area contributed by atoms with Crippen LogP contribution < -0.4 is 0 Å². The first kappa shape index (κ1) is 13.7. The van der Waals surface area contributed by atoms with Crippen LogP contribution in [0.1, 0.15) is 18.9 Å². The lowest BCUT2D eigenvalue weighted by molar-refractivity contribution is -0.149. The Kier molecular flexibility index (Phi) is 5.70. The summed E-state index contributed by atoms with van der Waals surface area (Å²) >= 11 is 0. The van der Waals surface area contributed by atoms with Crippen LogP contribution in [0.25, 0.3) is 0 Å². The van der Waals surface area contributed by atoms with Crippen molar-refractivity contribution in [3.63, 3.8) is 0 Å². The van der Waals surface area contributed by atoms with Crippen molar-refractivity contribution >= 4 is 5.97 Å². The van der Waals surface area contributed by atoms with Crippen molar-refractivity contribution < 1.29 is 14.3 Å². The summed E-state index contributed by atoms with van der Waals surface area (Å²) in [4.78, 5) is 11.4. The second-order valence-electron chi connectivity index (χ2n) is 4.11. The average molecular weight is 236 g/mol. The van der Waals surface area contributed by atoms with E-state index >= 15 is 0 Å². The molecule has 0 aliphatic rings.